The predicted octanol–water partition coefficient (Wildman–Crippen LogP) is 3.85. The van der Waals surface area contributed by atoms with Gasteiger partial charge in [-0.2, -0.15) is 4.98 Å². The van der Waals surface area contributed by atoms with Crippen LogP contribution in [0.15, 0.2) is 38.4 Å². The zero-order valence-corrected chi connectivity index (χ0v) is 12.4. The second-order valence-electron chi connectivity index (χ2n) is 3.73. The van der Waals surface area contributed by atoms with Gasteiger partial charge < -0.3 is 9.63 Å². The molecule has 0 saturated heterocycles. The number of carboxylic acids is 1. The number of aromatic nitrogens is 2. The Kier molecular flexibility index (Phi) is 3.86. The Morgan fingerprint density at radius 1 is 1.45 bits per heavy atom. The Labute approximate surface area is 126 Å². The number of carbonyl (C=O) groups is 1. The molecular weight excluding hydrogens is 316 g/mol. The van der Waals surface area contributed by atoms with E-state index in [4.69, 9.17) is 9.63 Å². The van der Waals surface area contributed by atoms with E-state index >= 15 is 0 Å². The van der Waals surface area contributed by atoms with Crippen molar-refractivity contribution in [1.82, 2.24) is 10.1 Å². The van der Waals surface area contributed by atoms with Crippen LogP contribution in [0.3, 0.4) is 0 Å². The molecule has 0 aliphatic rings. The molecule has 0 radical (unpaired) electrons. The predicted molar refractivity (Wildman–Crippen MR) is 78.5 cm³/mol. The lowest BCUT2D eigenvalue weighted by Gasteiger charge is -1.91. The van der Waals surface area contributed by atoms with Crippen molar-refractivity contribution in [3.63, 3.8) is 0 Å². The van der Waals surface area contributed by atoms with E-state index in [1.54, 1.807) is 17.4 Å². The second-order valence-corrected chi connectivity index (χ2v) is 6.64. The molecule has 0 saturated carbocycles. The number of rotatable bonds is 5. The number of thioether (sulfide) groups is 1. The maximum absolute atomic E-state index is 10.8. The lowest BCUT2D eigenvalue weighted by molar-refractivity contribution is 0.0702. The third-order valence-electron chi connectivity index (χ3n) is 2.36. The van der Waals surface area contributed by atoms with Crippen LogP contribution in [0.4, 0.5) is 0 Å². The molecule has 3 aromatic heterocycles. The van der Waals surface area contributed by atoms with Gasteiger partial charge in [-0.25, -0.2) is 4.79 Å². The quantitative estimate of drug-likeness (QED) is 0.718. The largest absolute Gasteiger partial charge is 0.477 e. The molecule has 3 heterocycles. The summed E-state index contributed by atoms with van der Waals surface area (Å²) in [6.45, 7) is 0. The van der Waals surface area contributed by atoms with E-state index in [1.165, 1.54) is 23.1 Å². The van der Waals surface area contributed by atoms with Gasteiger partial charge >= 0.3 is 5.97 Å². The first-order valence-corrected chi connectivity index (χ1v) is 8.28. The number of hydrogen-bond acceptors (Lipinski definition) is 7. The summed E-state index contributed by atoms with van der Waals surface area (Å²) in [5.74, 6) is 0.738. The molecule has 5 nitrogen and oxygen atoms in total. The fraction of sp³-hybridized carbons (Fsp3) is 0.0833. The van der Waals surface area contributed by atoms with E-state index in [1.807, 2.05) is 22.9 Å². The second kappa shape index (κ2) is 5.78. The van der Waals surface area contributed by atoms with Crippen molar-refractivity contribution < 1.29 is 14.4 Å². The molecule has 1 N–H and O–H groups in total. The number of hydrogen-bond donors (Lipinski definition) is 1. The van der Waals surface area contributed by atoms with Gasteiger partial charge in [0.15, 0.2) is 0 Å². The zero-order chi connectivity index (χ0) is 13.9. The van der Waals surface area contributed by atoms with Crippen LogP contribution in [0.2, 0.25) is 0 Å². The highest BCUT2D eigenvalue weighted by atomic mass is 32.2. The third kappa shape index (κ3) is 2.92. The van der Waals surface area contributed by atoms with Gasteiger partial charge in [0, 0.05) is 10.3 Å². The van der Waals surface area contributed by atoms with Crippen molar-refractivity contribution in [3.8, 4) is 10.7 Å². The number of thiophene rings is 2. The van der Waals surface area contributed by atoms with E-state index in [9.17, 15) is 4.79 Å². The maximum atomic E-state index is 10.8. The van der Waals surface area contributed by atoms with Crippen molar-refractivity contribution in [2.24, 2.45) is 0 Å². The van der Waals surface area contributed by atoms with Gasteiger partial charge in [0.05, 0.1) is 10.6 Å². The Morgan fingerprint density at radius 3 is 3.05 bits per heavy atom. The summed E-state index contributed by atoms with van der Waals surface area (Å²) in [4.78, 5) is 17.3. The van der Waals surface area contributed by atoms with Crippen molar-refractivity contribution in [2.45, 2.75) is 10.6 Å². The summed E-state index contributed by atoms with van der Waals surface area (Å²) in [5, 5.41) is 16.5. The minimum Gasteiger partial charge on any atom is -0.477 e. The van der Waals surface area contributed by atoms with E-state index in [0.717, 1.165) is 9.77 Å². The van der Waals surface area contributed by atoms with E-state index in [2.05, 4.69) is 10.1 Å². The van der Waals surface area contributed by atoms with Crippen molar-refractivity contribution in [3.05, 3.63) is 39.7 Å². The van der Waals surface area contributed by atoms with Gasteiger partial charge in [-0.1, -0.05) is 11.2 Å². The molecule has 0 aromatic carbocycles. The molecule has 0 bridgehead atoms. The van der Waals surface area contributed by atoms with Crippen molar-refractivity contribution >= 4 is 40.4 Å². The van der Waals surface area contributed by atoms with E-state index in [-0.39, 0.29) is 0 Å². The monoisotopic (exact) mass is 324 g/mol. The third-order valence-corrected chi connectivity index (χ3v) is 5.25. The first kappa shape index (κ1) is 13.3. The minimum absolute atomic E-state index is 0.331. The molecular formula is C12H8N2O3S3. The highest BCUT2D eigenvalue weighted by Gasteiger charge is 2.11. The molecule has 3 aromatic rings. The Morgan fingerprint density at radius 2 is 2.35 bits per heavy atom. The molecule has 0 spiro atoms. The first-order valence-electron chi connectivity index (χ1n) is 5.53. The molecule has 0 aliphatic heterocycles. The molecule has 0 fully saturated rings. The summed E-state index contributed by atoms with van der Waals surface area (Å²) >= 11 is 4.24. The molecule has 102 valence electrons. The highest BCUT2D eigenvalue weighted by Crippen LogP contribution is 2.28. The minimum atomic E-state index is -0.903. The summed E-state index contributed by atoms with van der Waals surface area (Å²) < 4.78 is 5.18. The van der Waals surface area contributed by atoms with Gasteiger partial charge in [0.1, 0.15) is 4.88 Å². The maximum Gasteiger partial charge on any atom is 0.345 e. The standard InChI is InChI=1S/C12H8N2O3S3/c15-12(16)9-4-7(5-20-9)19-6-10-13-11(14-17-10)8-2-1-3-18-8/h1-5H,6H2,(H,15,16). The summed E-state index contributed by atoms with van der Waals surface area (Å²) in [7, 11) is 0. The van der Waals surface area contributed by atoms with Gasteiger partial charge in [-0.3, -0.25) is 0 Å². The van der Waals surface area contributed by atoms with Gasteiger partial charge in [0.25, 0.3) is 0 Å². The van der Waals surface area contributed by atoms with Crippen molar-refractivity contribution in [1.29, 1.82) is 0 Å². The van der Waals surface area contributed by atoms with Crippen LogP contribution in [-0.2, 0) is 5.75 Å². The van der Waals surface area contributed by atoms with Crippen LogP contribution in [-0.4, -0.2) is 21.2 Å². The fourth-order valence-corrected chi connectivity index (χ4v) is 3.83. The number of carboxylic acid groups (broad SMARTS) is 1. The smallest absolute Gasteiger partial charge is 0.345 e. The Balaban J connectivity index is 1.65. The average molecular weight is 324 g/mol. The van der Waals surface area contributed by atoms with Crippen LogP contribution in [0.5, 0.6) is 0 Å². The van der Waals surface area contributed by atoms with Crippen LogP contribution in [0.25, 0.3) is 10.7 Å². The molecule has 0 amide bonds. The van der Waals surface area contributed by atoms with Crippen LogP contribution in [0.1, 0.15) is 15.6 Å². The molecule has 0 aliphatic carbocycles. The zero-order valence-electron chi connectivity index (χ0n) is 9.98. The van der Waals surface area contributed by atoms with Gasteiger partial charge in [0.2, 0.25) is 11.7 Å². The van der Waals surface area contributed by atoms with Gasteiger partial charge in [-0.05, 0) is 17.5 Å². The topological polar surface area (TPSA) is 76.2 Å². The average Bonchev–Trinajstić information content (AvgIpc) is 3.17. The molecule has 0 unspecified atom stereocenters. The Hall–Kier alpha value is -1.64. The lowest BCUT2D eigenvalue weighted by atomic mass is 10.4. The first-order chi connectivity index (χ1) is 9.72. The van der Waals surface area contributed by atoms with Gasteiger partial charge in [-0.15, -0.1) is 34.4 Å². The lowest BCUT2D eigenvalue weighted by Crippen LogP contribution is -1.89. The van der Waals surface area contributed by atoms with E-state index < -0.39 is 5.97 Å². The molecule has 0 atom stereocenters. The molecule has 20 heavy (non-hydrogen) atoms. The van der Waals surface area contributed by atoms with Crippen LogP contribution < -0.4 is 0 Å². The number of aromatic carboxylic acids is 1. The summed E-state index contributed by atoms with van der Waals surface area (Å²) in [6, 6.07) is 5.52. The SMILES string of the molecule is O=C(O)c1cc(SCc2nc(-c3cccs3)no2)cs1. The van der Waals surface area contributed by atoms with Crippen molar-refractivity contribution in [2.75, 3.05) is 0 Å². The Bertz CT molecular complexity index is 718. The fourth-order valence-electron chi connectivity index (χ4n) is 1.47. The van der Waals surface area contributed by atoms with E-state index in [0.29, 0.717) is 22.3 Å². The number of nitrogens with zero attached hydrogens (tertiary/aromatic N) is 2. The molecule has 3 rings (SSSR count). The van der Waals surface area contributed by atoms with Crippen LogP contribution >= 0.6 is 34.4 Å². The highest BCUT2D eigenvalue weighted by molar-refractivity contribution is 7.98. The molecule has 8 heteroatoms. The normalized spacial score (nSPS) is 10.8. The summed E-state index contributed by atoms with van der Waals surface area (Å²) in [5.41, 5.74) is 0. The van der Waals surface area contributed by atoms with Crippen LogP contribution in [0, 0.1) is 0 Å². The summed E-state index contributed by atoms with van der Waals surface area (Å²) in [6.07, 6.45) is 0.